The molecule has 0 aliphatic carbocycles. The maximum Gasteiger partial charge on any atom is 0.343 e. The highest BCUT2D eigenvalue weighted by Crippen LogP contribution is 2.38. The molecule has 0 aromatic heterocycles. The molecule has 6 aromatic rings. The van der Waals surface area contributed by atoms with Gasteiger partial charge in [0.1, 0.15) is 23.0 Å². The van der Waals surface area contributed by atoms with Gasteiger partial charge in [-0.3, -0.25) is 9.59 Å². The molecule has 6 aromatic carbocycles. The molecule has 0 bridgehead atoms. The summed E-state index contributed by atoms with van der Waals surface area (Å²) in [5, 5.41) is 0. The summed E-state index contributed by atoms with van der Waals surface area (Å²) in [6.45, 7) is 11.8. The first-order valence-electron chi connectivity index (χ1n) is 21.4. The van der Waals surface area contributed by atoms with Crippen LogP contribution in [-0.4, -0.2) is 37.7 Å². The Morgan fingerprint density at radius 3 is 1.14 bits per heavy atom. The van der Waals surface area contributed by atoms with E-state index in [1.54, 1.807) is 74.9 Å². The van der Waals surface area contributed by atoms with Gasteiger partial charge in [-0.15, -0.1) is 0 Å². The normalized spacial score (nSPS) is 11.9. The average molecular weight is 847 g/mol. The third kappa shape index (κ3) is 12.6. The minimum absolute atomic E-state index is 0.0359. The number of rotatable bonds is 17. The lowest BCUT2D eigenvalue weighted by molar-refractivity contribution is 0.0725. The second-order valence-electron chi connectivity index (χ2n) is 16.1. The Hall–Kier alpha value is -6.80. The molecular weight excluding hydrogens is 789 g/mol. The van der Waals surface area contributed by atoms with Crippen molar-refractivity contribution in [3.63, 3.8) is 0 Å². The van der Waals surface area contributed by atoms with Crippen LogP contribution >= 0.6 is 0 Å². The number of hydrogen-bond acceptors (Lipinski definition) is 8. The molecular formula is C55H58O8. The summed E-state index contributed by atoms with van der Waals surface area (Å²) in [5.41, 5.74) is 6.47. The lowest BCUT2D eigenvalue weighted by Crippen LogP contribution is -2.18. The number of methoxy groups -OCH3 is 2. The van der Waals surface area contributed by atoms with Crippen molar-refractivity contribution in [3.8, 4) is 23.0 Å². The zero-order chi connectivity index (χ0) is 45.5. The summed E-state index contributed by atoms with van der Waals surface area (Å²) < 4.78 is 21.6. The molecule has 0 aliphatic rings. The number of carbonyl (C=O) groups is 4. The Morgan fingerprint density at radius 2 is 0.810 bits per heavy atom. The molecule has 0 amide bonds. The number of benzene rings is 6. The number of Topliss-reactive ketones (excluding diaryl/α,β-unsaturated/α-hetero) is 2. The van der Waals surface area contributed by atoms with Gasteiger partial charge >= 0.3 is 11.9 Å². The van der Waals surface area contributed by atoms with Crippen LogP contribution in [0.2, 0.25) is 0 Å². The molecule has 0 saturated carbocycles. The van der Waals surface area contributed by atoms with Crippen molar-refractivity contribution in [2.75, 3.05) is 14.2 Å². The maximum absolute atomic E-state index is 12.5. The van der Waals surface area contributed by atoms with Crippen LogP contribution in [0.1, 0.15) is 137 Å². The molecule has 0 spiro atoms. The van der Waals surface area contributed by atoms with Gasteiger partial charge in [0.05, 0.1) is 25.3 Å². The number of ketones is 2. The number of unbranched alkanes of at least 4 members (excludes halogenated alkanes) is 1. The highest BCUT2D eigenvalue weighted by molar-refractivity contribution is 5.97. The summed E-state index contributed by atoms with van der Waals surface area (Å²) in [4.78, 5) is 47.7. The monoisotopic (exact) mass is 846 g/mol. The lowest BCUT2D eigenvalue weighted by atomic mass is 9.77. The predicted octanol–water partition coefficient (Wildman–Crippen LogP) is 12.9. The summed E-state index contributed by atoms with van der Waals surface area (Å²) in [6, 6.07) is 44.7. The smallest absolute Gasteiger partial charge is 0.343 e. The number of ether oxygens (including phenoxy) is 4. The van der Waals surface area contributed by atoms with Crippen molar-refractivity contribution in [1.29, 1.82) is 0 Å². The predicted molar refractivity (Wildman–Crippen MR) is 249 cm³/mol. The molecule has 0 aliphatic heterocycles. The van der Waals surface area contributed by atoms with Crippen molar-refractivity contribution in [3.05, 3.63) is 190 Å². The number of esters is 2. The Morgan fingerprint density at radius 1 is 0.476 bits per heavy atom. The Labute approximate surface area is 372 Å². The Balaban J connectivity index is 0.000000240. The molecule has 2 unspecified atom stereocenters. The van der Waals surface area contributed by atoms with E-state index in [1.807, 2.05) is 48.5 Å². The van der Waals surface area contributed by atoms with Crippen LogP contribution in [0, 0.1) is 5.92 Å². The minimum Gasteiger partial charge on any atom is -0.497 e. The van der Waals surface area contributed by atoms with Gasteiger partial charge in [0, 0.05) is 22.5 Å². The average Bonchev–Trinajstić information content (AvgIpc) is 3.31. The van der Waals surface area contributed by atoms with E-state index in [-0.39, 0.29) is 22.9 Å². The molecule has 2 atom stereocenters. The van der Waals surface area contributed by atoms with E-state index in [0.717, 1.165) is 35.5 Å². The van der Waals surface area contributed by atoms with Crippen LogP contribution < -0.4 is 18.9 Å². The molecule has 0 heterocycles. The Kier molecular flexibility index (Phi) is 16.8. The molecule has 0 fully saturated rings. The van der Waals surface area contributed by atoms with E-state index in [4.69, 9.17) is 18.9 Å². The largest absolute Gasteiger partial charge is 0.497 e. The molecule has 0 radical (unpaired) electrons. The van der Waals surface area contributed by atoms with Crippen molar-refractivity contribution in [1.82, 2.24) is 0 Å². The second-order valence-corrected chi connectivity index (χ2v) is 16.1. The first-order chi connectivity index (χ1) is 30.3. The molecule has 8 heteroatoms. The highest BCUT2D eigenvalue weighted by atomic mass is 16.5. The van der Waals surface area contributed by atoms with Gasteiger partial charge in [0.2, 0.25) is 0 Å². The van der Waals surface area contributed by atoms with E-state index in [9.17, 15) is 19.2 Å². The van der Waals surface area contributed by atoms with Crippen molar-refractivity contribution >= 4 is 23.5 Å². The van der Waals surface area contributed by atoms with Crippen molar-refractivity contribution in [2.24, 2.45) is 5.92 Å². The van der Waals surface area contributed by atoms with Crippen LogP contribution in [0.25, 0.3) is 0 Å². The highest BCUT2D eigenvalue weighted by Gasteiger charge is 2.25. The van der Waals surface area contributed by atoms with Gasteiger partial charge in [-0.1, -0.05) is 120 Å². The SMILES string of the molecule is CCCCC(CC)C(c1ccc(OC)cc1)c1ccc(OC(=O)c2ccc(C(C)=O)cc2)cc1.COc1ccc(C(C)(C)c2ccc(OC(=O)c3ccc(C(C)=O)cc3)cc2)cc1. The standard InChI is InChI=1S/C30H34O4.C25H24O4/c1-5-7-8-22(6-2)29(24-13-17-27(33-4)18-14-24)25-15-19-28(20-16-25)34-30(32)26-11-9-23(10-12-26)21(3)31;1-17(26)18-5-7-19(8-6-18)24(27)29-23-15-11-21(12-16-23)25(2,3)20-9-13-22(28-4)14-10-20/h9-20,22,29H,5-8H2,1-4H3;5-16H,1-4H3. The zero-order valence-corrected chi connectivity index (χ0v) is 37.6. The summed E-state index contributed by atoms with van der Waals surface area (Å²) in [5.74, 6) is 2.44. The molecule has 326 valence electrons. The van der Waals surface area contributed by atoms with Gasteiger partial charge in [-0.25, -0.2) is 9.59 Å². The molecule has 6 rings (SSSR count). The van der Waals surface area contributed by atoms with E-state index >= 15 is 0 Å². The molecule has 0 saturated heterocycles. The first kappa shape index (κ1) is 47.3. The van der Waals surface area contributed by atoms with Gasteiger partial charge in [0.25, 0.3) is 0 Å². The second kappa shape index (κ2) is 22.3. The summed E-state index contributed by atoms with van der Waals surface area (Å²) in [6.07, 6.45) is 4.62. The van der Waals surface area contributed by atoms with Gasteiger partial charge in [-0.2, -0.15) is 0 Å². The van der Waals surface area contributed by atoms with Gasteiger partial charge in [-0.05, 0) is 121 Å². The minimum atomic E-state index is -0.456. The fourth-order valence-corrected chi connectivity index (χ4v) is 7.49. The van der Waals surface area contributed by atoms with E-state index in [2.05, 4.69) is 64.1 Å². The zero-order valence-electron chi connectivity index (χ0n) is 37.6. The van der Waals surface area contributed by atoms with E-state index in [0.29, 0.717) is 39.7 Å². The molecule has 63 heavy (non-hydrogen) atoms. The van der Waals surface area contributed by atoms with Crippen LogP contribution in [0.5, 0.6) is 23.0 Å². The Bertz CT molecular complexity index is 2410. The molecule has 8 nitrogen and oxygen atoms in total. The van der Waals surface area contributed by atoms with Gasteiger partial charge in [0.15, 0.2) is 11.6 Å². The van der Waals surface area contributed by atoms with Gasteiger partial charge < -0.3 is 18.9 Å². The van der Waals surface area contributed by atoms with Crippen LogP contribution in [0.3, 0.4) is 0 Å². The van der Waals surface area contributed by atoms with Crippen LogP contribution in [0.4, 0.5) is 0 Å². The number of carbonyl (C=O) groups excluding carboxylic acids is 4. The maximum atomic E-state index is 12.5. The fourth-order valence-electron chi connectivity index (χ4n) is 7.49. The van der Waals surface area contributed by atoms with E-state index < -0.39 is 11.9 Å². The third-order valence-corrected chi connectivity index (χ3v) is 11.5. The van der Waals surface area contributed by atoms with Crippen molar-refractivity contribution < 1.29 is 38.1 Å². The number of hydrogen-bond donors (Lipinski definition) is 0. The topological polar surface area (TPSA) is 105 Å². The summed E-state index contributed by atoms with van der Waals surface area (Å²) >= 11 is 0. The van der Waals surface area contributed by atoms with Crippen LogP contribution in [-0.2, 0) is 5.41 Å². The van der Waals surface area contributed by atoms with Crippen molar-refractivity contribution in [2.45, 2.75) is 78.6 Å². The van der Waals surface area contributed by atoms with E-state index in [1.165, 1.54) is 37.8 Å². The lowest BCUT2D eigenvalue weighted by Gasteiger charge is -2.28. The first-order valence-corrected chi connectivity index (χ1v) is 21.4. The fraction of sp³-hybridized carbons (Fsp3) is 0.273. The quantitative estimate of drug-likeness (QED) is 0.0508. The van der Waals surface area contributed by atoms with Crippen LogP contribution in [0.15, 0.2) is 146 Å². The summed E-state index contributed by atoms with van der Waals surface area (Å²) in [7, 11) is 3.33. The third-order valence-electron chi connectivity index (χ3n) is 11.5. The molecule has 0 N–H and O–H groups in total.